The molecule has 98 valence electrons. The Balaban J connectivity index is 1.58. The van der Waals surface area contributed by atoms with E-state index in [1.54, 1.807) is 0 Å². The van der Waals surface area contributed by atoms with Crippen LogP contribution in [0.5, 0.6) is 0 Å². The smallest absolute Gasteiger partial charge is 0.221 e. The van der Waals surface area contributed by atoms with E-state index in [-0.39, 0.29) is 5.91 Å². The fraction of sp³-hybridized carbons (Fsp3) is 0.923. The first-order valence-corrected chi connectivity index (χ1v) is 6.81. The van der Waals surface area contributed by atoms with E-state index in [9.17, 15) is 4.79 Å². The summed E-state index contributed by atoms with van der Waals surface area (Å²) < 4.78 is 5.69. The first kappa shape index (κ1) is 12.8. The van der Waals surface area contributed by atoms with Crippen molar-refractivity contribution >= 4 is 5.91 Å². The van der Waals surface area contributed by atoms with Gasteiger partial charge in [0, 0.05) is 25.0 Å². The number of hydrogen-bond acceptors (Lipinski definition) is 3. The van der Waals surface area contributed by atoms with Crippen molar-refractivity contribution in [3.63, 3.8) is 0 Å². The van der Waals surface area contributed by atoms with Crippen molar-refractivity contribution in [1.82, 2.24) is 10.6 Å². The average molecular weight is 240 g/mol. The van der Waals surface area contributed by atoms with Crippen LogP contribution >= 0.6 is 0 Å². The van der Waals surface area contributed by atoms with Gasteiger partial charge in [-0.3, -0.25) is 4.79 Å². The Labute approximate surface area is 103 Å². The molecule has 0 bridgehead atoms. The SMILES string of the molecule is CC1CC(NCCC(=O)NC2CC2)CC(C)O1. The van der Waals surface area contributed by atoms with Crippen molar-refractivity contribution in [2.75, 3.05) is 6.54 Å². The van der Waals surface area contributed by atoms with E-state index in [1.165, 1.54) is 0 Å². The summed E-state index contributed by atoms with van der Waals surface area (Å²) in [6.45, 7) is 5.01. The minimum atomic E-state index is 0.188. The summed E-state index contributed by atoms with van der Waals surface area (Å²) in [6.07, 6.45) is 5.68. The fourth-order valence-corrected chi connectivity index (χ4v) is 2.49. The molecule has 2 unspecified atom stereocenters. The summed E-state index contributed by atoms with van der Waals surface area (Å²) in [5.41, 5.74) is 0. The highest BCUT2D eigenvalue weighted by atomic mass is 16.5. The second kappa shape index (κ2) is 5.83. The van der Waals surface area contributed by atoms with Crippen molar-refractivity contribution in [2.45, 2.75) is 70.2 Å². The van der Waals surface area contributed by atoms with Gasteiger partial charge >= 0.3 is 0 Å². The van der Waals surface area contributed by atoms with E-state index in [2.05, 4.69) is 24.5 Å². The number of nitrogens with one attached hydrogen (secondary N) is 2. The quantitative estimate of drug-likeness (QED) is 0.759. The summed E-state index contributed by atoms with van der Waals surface area (Å²) in [5.74, 6) is 0.188. The Morgan fingerprint density at radius 3 is 2.41 bits per heavy atom. The molecule has 4 heteroatoms. The van der Waals surface area contributed by atoms with E-state index in [0.717, 1.165) is 32.2 Å². The van der Waals surface area contributed by atoms with Gasteiger partial charge in [0.2, 0.25) is 5.91 Å². The third-order valence-corrected chi connectivity index (χ3v) is 3.43. The Kier molecular flexibility index (Phi) is 4.40. The van der Waals surface area contributed by atoms with Gasteiger partial charge in [-0.25, -0.2) is 0 Å². The van der Waals surface area contributed by atoms with Crippen LogP contribution in [0, 0.1) is 0 Å². The molecule has 0 aromatic rings. The normalized spacial score (nSPS) is 33.4. The maximum atomic E-state index is 11.5. The van der Waals surface area contributed by atoms with Crippen LogP contribution in [-0.4, -0.2) is 36.7 Å². The zero-order valence-corrected chi connectivity index (χ0v) is 10.9. The molecule has 1 heterocycles. The lowest BCUT2D eigenvalue weighted by Gasteiger charge is -2.32. The van der Waals surface area contributed by atoms with Crippen LogP contribution in [-0.2, 0) is 9.53 Å². The minimum absolute atomic E-state index is 0.188. The predicted molar refractivity (Wildman–Crippen MR) is 66.8 cm³/mol. The molecule has 0 spiro atoms. The molecular formula is C13H24N2O2. The first-order valence-electron chi connectivity index (χ1n) is 6.81. The van der Waals surface area contributed by atoms with Crippen LogP contribution in [0.4, 0.5) is 0 Å². The highest BCUT2D eigenvalue weighted by Crippen LogP contribution is 2.19. The third kappa shape index (κ3) is 4.64. The van der Waals surface area contributed by atoms with Gasteiger partial charge in [0.15, 0.2) is 0 Å². The molecular weight excluding hydrogens is 216 g/mol. The summed E-state index contributed by atoms with van der Waals surface area (Å²) in [6, 6.07) is 0.980. The van der Waals surface area contributed by atoms with Crippen molar-refractivity contribution < 1.29 is 9.53 Å². The molecule has 1 saturated heterocycles. The fourth-order valence-electron chi connectivity index (χ4n) is 2.49. The molecule has 1 aliphatic heterocycles. The van der Waals surface area contributed by atoms with E-state index in [1.807, 2.05) is 0 Å². The molecule has 2 aliphatic rings. The van der Waals surface area contributed by atoms with Gasteiger partial charge in [-0.15, -0.1) is 0 Å². The summed E-state index contributed by atoms with van der Waals surface area (Å²) in [4.78, 5) is 11.5. The van der Waals surface area contributed by atoms with Crippen LogP contribution in [0.25, 0.3) is 0 Å². The Morgan fingerprint density at radius 2 is 1.82 bits per heavy atom. The van der Waals surface area contributed by atoms with Gasteiger partial charge in [0.1, 0.15) is 0 Å². The standard InChI is InChI=1S/C13H24N2O2/c1-9-7-12(8-10(2)17-9)14-6-5-13(16)15-11-3-4-11/h9-12,14H,3-8H2,1-2H3,(H,15,16). The third-order valence-electron chi connectivity index (χ3n) is 3.43. The lowest BCUT2D eigenvalue weighted by Crippen LogP contribution is -2.42. The van der Waals surface area contributed by atoms with Gasteiger partial charge < -0.3 is 15.4 Å². The van der Waals surface area contributed by atoms with Crippen molar-refractivity contribution in [3.05, 3.63) is 0 Å². The van der Waals surface area contributed by atoms with Crippen LogP contribution < -0.4 is 10.6 Å². The Hall–Kier alpha value is -0.610. The van der Waals surface area contributed by atoms with Crippen molar-refractivity contribution in [1.29, 1.82) is 0 Å². The van der Waals surface area contributed by atoms with E-state index >= 15 is 0 Å². The van der Waals surface area contributed by atoms with Gasteiger partial charge in [0.05, 0.1) is 12.2 Å². The summed E-state index contributed by atoms with van der Waals surface area (Å²) >= 11 is 0. The molecule has 2 fully saturated rings. The Morgan fingerprint density at radius 1 is 1.18 bits per heavy atom. The van der Waals surface area contributed by atoms with E-state index in [4.69, 9.17) is 4.74 Å². The van der Waals surface area contributed by atoms with Crippen LogP contribution in [0.15, 0.2) is 0 Å². The zero-order valence-electron chi connectivity index (χ0n) is 10.9. The molecule has 1 amide bonds. The number of carbonyl (C=O) groups excluding carboxylic acids is 1. The van der Waals surface area contributed by atoms with Crippen molar-refractivity contribution in [2.24, 2.45) is 0 Å². The number of rotatable bonds is 5. The minimum Gasteiger partial charge on any atom is -0.375 e. The molecule has 2 atom stereocenters. The molecule has 2 rings (SSSR count). The highest BCUT2D eigenvalue weighted by Gasteiger charge is 2.25. The number of ether oxygens (including phenoxy) is 1. The lowest BCUT2D eigenvalue weighted by molar-refractivity contribution is -0.121. The summed E-state index contributed by atoms with van der Waals surface area (Å²) in [7, 11) is 0. The molecule has 0 aromatic heterocycles. The molecule has 17 heavy (non-hydrogen) atoms. The van der Waals surface area contributed by atoms with Gasteiger partial charge in [-0.2, -0.15) is 0 Å². The molecule has 0 aromatic carbocycles. The number of amides is 1. The Bertz CT molecular complexity index is 256. The zero-order chi connectivity index (χ0) is 12.3. The maximum Gasteiger partial charge on any atom is 0.221 e. The topological polar surface area (TPSA) is 50.4 Å². The van der Waals surface area contributed by atoms with Crippen LogP contribution in [0.2, 0.25) is 0 Å². The van der Waals surface area contributed by atoms with Crippen LogP contribution in [0.3, 0.4) is 0 Å². The first-order chi connectivity index (χ1) is 8.13. The van der Waals surface area contributed by atoms with Gasteiger partial charge in [-0.05, 0) is 39.5 Å². The van der Waals surface area contributed by atoms with Gasteiger partial charge in [0.25, 0.3) is 0 Å². The summed E-state index contributed by atoms with van der Waals surface area (Å²) in [5, 5.41) is 6.47. The lowest BCUT2D eigenvalue weighted by atomic mass is 10.00. The van der Waals surface area contributed by atoms with Crippen molar-refractivity contribution in [3.8, 4) is 0 Å². The molecule has 1 aliphatic carbocycles. The van der Waals surface area contributed by atoms with E-state index < -0.39 is 0 Å². The largest absolute Gasteiger partial charge is 0.375 e. The second-order valence-electron chi connectivity index (χ2n) is 5.47. The number of hydrogen-bond donors (Lipinski definition) is 2. The monoisotopic (exact) mass is 240 g/mol. The maximum absolute atomic E-state index is 11.5. The molecule has 0 radical (unpaired) electrons. The van der Waals surface area contributed by atoms with E-state index in [0.29, 0.717) is 30.7 Å². The van der Waals surface area contributed by atoms with Gasteiger partial charge in [-0.1, -0.05) is 0 Å². The predicted octanol–water partition coefficient (Wildman–Crippen LogP) is 1.20. The average Bonchev–Trinajstić information content (AvgIpc) is 3.00. The molecule has 1 saturated carbocycles. The van der Waals surface area contributed by atoms with Crippen LogP contribution in [0.1, 0.15) is 46.0 Å². The number of carbonyl (C=O) groups is 1. The second-order valence-corrected chi connectivity index (χ2v) is 5.47. The molecule has 2 N–H and O–H groups in total. The molecule has 4 nitrogen and oxygen atoms in total. The highest BCUT2D eigenvalue weighted by molar-refractivity contribution is 5.76.